The summed E-state index contributed by atoms with van der Waals surface area (Å²) in [5.41, 5.74) is 0.447. The molecule has 0 aromatic heterocycles. The van der Waals surface area contributed by atoms with Gasteiger partial charge in [0.1, 0.15) is 11.9 Å². The van der Waals surface area contributed by atoms with E-state index in [2.05, 4.69) is 0 Å². The second-order valence-corrected chi connectivity index (χ2v) is 5.71. The van der Waals surface area contributed by atoms with Gasteiger partial charge < -0.3 is 14.9 Å². The smallest absolute Gasteiger partial charge is 0.185 e. The Balaban J connectivity index is 2.65. The minimum atomic E-state index is -1.08. The van der Waals surface area contributed by atoms with Crippen molar-refractivity contribution in [3.8, 4) is 5.75 Å². The fourth-order valence-corrected chi connectivity index (χ4v) is 2.49. The van der Waals surface area contributed by atoms with E-state index in [0.717, 1.165) is 11.8 Å². The van der Waals surface area contributed by atoms with Gasteiger partial charge in [0.05, 0.1) is 18.2 Å². The van der Waals surface area contributed by atoms with Gasteiger partial charge >= 0.3 is 0 Å². The standard InChI is InChI=1S/C13H17ClO4S/c1-8(15)19-6-5-12(16)13(17)10-4-3-9(18-2)7-11(10)14/h3-4,7,12-13,16-17H,5-6H2,1-2H3. The van der Waals surface area contributed by atoms with Crippen molar-refractivity contribution in [1.82, 2.24) is 0 Å². The second-order valence-electron chi connectivity index (χ2n) is 4.03. The Morgan fingerprint density at radius 3 is 2.68 bits per heavy atom. The zero-order chi connectivity index (χ0) is 14.4. The van der Waals surface area contributed by atoms with Gasteiger partial charge in [0, 0.05) is 18.2 Å². The van der Waals surface area contributed by atoms with Crippen LogP contribution in [0.2, 0.25) is 5.02 Å². The first-order chi connectivity index (χ1) is 8.95. The average Bonchev–Trinajstić information content (AvgIpc) is 2.37. The van der Waals surface area contributed by atoms with E-state index in [9.17, 15) is 15.0 Å². The number of hydrogen-bond acceptors (Lipinski definition) is 5. The van der Waals surface area contributed by atoms with E-state index in [-0.39, 0.29) is 5.12 Å². The molecule has 1 rings (SSSR count). The second kappa shape index (κ2) is 7.75. The molecule has 0 aliphatic heterocycles. The van der Waals surface area contributed by atoms with Crippen LogP contribution in [-0.2, 0) is 4.79 Å². The molecule has 19 heavy (non-hydrogen) atoms. The van der Waals surface area contributed by atoms with Gasteiger partial charge in [-0.05, 0) is 18.6 Å². The zero-order valence-corrected chi connectivity index (χ0v) is 12.4. The molecule has 4 nitrogen and oxygen atoms in total. The number of thioether (sulfide) groups is 1. The van der Waals surface area contributed by atoms with Crippen molar-refractivity contribution in [1.29, 1.82) is 0 Å². The lowest BCUT2D eigenvalue weighted by Gasteiger charge is -2.19. The van der Waals surface area contributed by atoms with Crippen LogP contribution in [0.4, 0.5) is 0 Å². The molecule has 0 saturated heterocycles. The zero-order valence-electron chi connectivity index (χ0n) is 10.8. The summed E-state index contributed by atoms with van der Waals surface area (Å²) in [4.78, 5) is 10.8. The fourth-order valence-electron chi connectivity index (χ4n) is 1.56. The molecule has 0 amide bonds. The van der Waals surface area contributed by atoms with Crippen molar-refractivity contribution in [2.45, 2.75) is 25.6 Å². The minimum absolute atomic E-state index is 0.0100. The molecule has 0 bridgehead atoms. The van der Waals surface area contributed by atoms with E-state index in [1.165, 1.54) is 14.0 Å². The van der Waals surface area contributed by atoms with E-state index in [1.807, 2.05) is 0 Å². The molecule has 2 unspecified atom stereocenters. The summed E-state index contributed by atoms with van der Waals surface area (Å²) in [6.45, 7) is 1.47. The topological polar surface area (TPSA) is 66.8 Å². The lowest BCUT2D eigenvalue weighted by molar-refractivity contribution is -0.109. The summed E-state index contributed by atoms with van der Waals surface area (Å²) >= 11 is 7.14. The monoisotopic (exact) mass is 304 g/mol. The maximum Gasteiger partial charge on any atom is 0.185 e. The summed E-state index contributed by atoms with van der Waals surface area (Å²) in [6, 6.07) is 4.87. The van der Waals surface area contributed by atoms with E-state index >= 15 is 0 Å². The molecule has 6 heteroatoms. The normalized spacial score (nSPS) is 13.9. The number of methoxy groups -OCH3 is 1. The number of halogens is 1. The van der Waals surface area contributed by atoms with Crippen LogP contribution in [0.5, 0.6) is 5.75 Å². The van der Waals surface area contributed by atoms with Gasteiger partial charge in [0.2, 0.25) is 0 Å². The Morgan fingerprint density at radius 2 is 2.16 bits per heavy atom. The lowest BCUT2D eigenvalue weighted by Crippen LogP contribution is -2.19. The van der Waals surface area contributed by atoms with Crippen LogP contribution in [0.3, 0.4) is 0 Å². The SMILES string of the molecule is COc1ccc(C(O)C(O)CCSC(C)=O)c(Cl)c1. The van der Waals surface area contributed by atoms with Gasteiger partial charge in [-0.15, -0.1) is 0 Å². The van der Waals surface area contributed by atoms with Crippen molar-refractivity contribution in [2.75, 3.05) is 12.9 Å². The molecule has 1 aromatic carbocycles. The highest BCUT2D eigenvalue weighted by atomic mass is 35.5. The van der Waals surface area contributed by atoms with Crippen LogP contribution in [0.25, 0.3) is 0 Å². The van der Waals surface area contributed by atoms with Gasteiger partial charge in [0.25, 0.3) is 0 Å². The number of ether oxygens (including phenoxy) is 1. The molecule has 0 aliphatic carbocycles. The largest absolute Gasteiger partial charge is 0.497 e. The summed E-state index contributed by atoms with van der Waals surface area (Å²) < 4.78 is 5.01. The number of carbonyl (C=O) groups excluding carboxylic acids is 1. The Kier molecular flexibility index (Phi) is 6.65. The molecule has 0 saturated carbocycles. The Hall–Kier alpha value is -0.750. The molecule has 2 atom stereocenters. The predicted molar refractivity (Wildman–Crippen MR) is 76.7 cm³/mol. The number of aliphatic hydroxyl groups is 2. The first kappa shape index (κ1) is 16.3. The van der Waals surface area contributed by atoms with Crippen molar-refractivity contribution in [3.63, 3.8) is 0 Å². The van der Waals surface area contributed by atoms with E-state index in [4.69, 9.17) is 16.3 Å². The van der Waals surface area contributed by atoms with E-state index in [0.29, 0.717) is 28.5 Å². The fraction of sp³-hybridized carbons (Fsp3) is 0.462. The van der Waals surface area contributed by atoms with Gasteiger partial charge in [0.15, 0.2) is 5.12 Å². The third-order valence-corrected chi connectivity index (χ3v) is 3.78. The molecule has 0 spiro atoms. The van der Waals surface area contributed by atoms with E-state index in [1.54, 1.807) is 18.2 Å². The first-order valence-corrected chi connectivity index (χ1v) is 7.15. The highest BCUT2D eigenvalue weighted by molar-refractivity contribution is 8.13. The average molecular weight is 305 g/mol. The number of hydrogen-bond donors (Lipinski definition) is 2. The molecule has 0 aliphatic rings. The van der Waals surface area contributed by atoms with Crippen LogP contribution in [0.15, 0.2) is 18.2 Å². The quantitative estimate of drug-likeness (QED) is 0.845. The lowest BCUT2D eigenvalue weighted by atomic mass is 10.0. The van der Waals surface area contributed by atoms with Crippen LogP contribution in [0, 0.1) is 0 Å². The first-order valence-electron chi connectivity index (χ1n) is 5.78. The molecule has 0 heterocycles. The Labute approximate surface area is 121 Å². The molecule has 0 fully saturated rings. The summed E-state index contributed by atoms with van der Waals surface area (Å²) in [6.07, 6.45) is -1.72. The van der Waals surface area contributed by atoms with Crippen LogP contribution < -0.4 is 4.74 Å². The molecular formula is C13H17ClO4S. The highest BCUT2D eigenvalue weighted by Crippen LogP contribution is 2.30. The summed E-state index contributed by atoms with van der Waals surface area (Å²) in [5, 5.41) is 20.2. The van der Waals surface area contributed by atoms with Gasteiger partial charge in [-0.3, -0.25) is 4.79 Å². The van der Waals surface area contributed by atoms with Crippen LogP contribution in [0.1, 0.15) is 25.0 Å². The van der Waals surface area contributed by atoms with Crippen LogP contribution >= 0.6 is 23.4 Å². The maximum atomic E-state index is 10.8. The summed E-state index contributed by atoms with van der Waals surface area (Å²) in [5.74, 6) is 1.05. The molecule has 0 radical (unpaired) electrons. The number of aliphatic hydroxyl groups excluding tert-OH is 2. The number of carbonyl (C=O) groups is 1. The van der Waals surface area contributed by atoms with E-state index < -0.39 is 12.2 Å². The highest BCUT2D eigenvalue weighted by Gasteiger charge is 2.21. The van der Waals surface area contributed by atoms with Crippen molar-refractivity contribution < 1.29 is 19.7 Å². The molecule has 1 aromatic rings. The van der Waals surface area contributed by atoms with Gasteiger partial charge in [-0.2, -0.15) is 0 Å². The third-order valence-electron chi connectivity index (χ3n) is 2.61. The maximum absolute atomic E-state index is 10.8. The Morgan fingerprint density at radius 1 is 1.47 bits per heavy atom. The minimum Gasteiger partial charge on any atom is -0.497 e. The van der Waals surface area contributed by atoms with Crippen molar-refractivity contribution in [3.05, 3.63) is 28.8 Å². The molecular weight excluding hydrogens is 288 g/mol. The number of rotatable bonds is 6. The summed E-state index contributed by atoms with van der Waals surface area (Å²) in [7, 11) is 1.52. The van der Waals surface area contributed by atoms with Gasteiger partial charge in [-0.1, -0.05) is 29.4 Å². The molecule has 106 valence electrons. The third kappa shape index (κ3) is 5.03. The predicted octanol–water partition coefficient (Wildman–Crippen LogP) is 2.41. The Bertz CT molecular complexity index is 439. The molecule has 2 N–H and O–H groups in total. The van der Waals surface area contributed by atoms with Crippen molar-refractivity contribution in [2.24, 2.45) is 0 Å². The van der Waals surface area contributed by atoms with Gasteiger partial charge in [-0.25, -0.2) is 0 Å². The van der Waals surface area contributed by atoms with Crippen molar-refractivity contribution >= 4 is 28.5 Å². The number of benzene rings is 1. The van der Waals surface area contributed by atoms with Crippen LogP contribution in [-0.4, -0.2) is 34.3 Å².